The van der Waals surface area contributed by atoms with Crippen molar-refractivity contribution in [2.24, 2.45) is 5.92 Å². The molecule has 1 aliphatic rings. The molecule has 4 heteroatoms. The molecule has 1 fully saturated rings. The van der Waals surface area contributed by atoms with Crippen molar-refractivity contribution in [1.29, 1.82) is 0 Å². The van der Waals surface area contributed by atoms with E-state index >= 15 is 0 Å². The summed E-state index contributed by atoms with van der Waals surface area (Å²) in [5.41, 5.74) is 0.926. The molecular formula is C12H14FNO2. The quantitative estimate of drug-likeness (QED) is 0.853. The summed E-state index contributed by atoms with van der Waals surface area (Å²) in [4.78, 5) is 12.7. The molecule has 2 rings (SSSR count). The SMILES string of the molecule is CN(c1ccc(F)cc1)C1CC(C(=O)O)C1. The molecule has 0 saturated heterocycles. The Labute approximate surface area is 93.5 Å². The zero-order valence-corrected chi connectivity index (χ0v) is 9.06. The molecule has 0 bridgehead atoms. The molecule has 1 aromatic rings. The van der Waals surface area contributed by atoms with Crippen molar-refractivity contribution in [3.05, 3.63) is 30.1 Å². The van der Waals surface area contributed by atoms with Gasteiger partial charge < -0.3 is 10.0 Å². The first-order chi connectivity index (χ1) is 7.58. The molecule has 0 heterocycles. The summed E-state index contributed by atoms with van der Waals surface area (Å²) >= 11 is 0. The molecule has 16 heavy (non-hydrogen) atoms. The third kappa shape index (κ3) is 2.01. The molecule has 1 saturated carbocycles. The van der Waals surface area contributed by atoms with Crippen LogP contribution in [0.15, 0.2) is 24.3 Å². The minimum Gasteiger partial charge on any atom is -0.481 e. The number of aliphatic carboxylic acids is 1. The standard InChI is InChI=1S/C12H14FNO2/c1-14(10-4-2-9(13)3-5-10)11-6-8(7-11)12(15)16/h2-5,8,11H,6-7H2,1H3,(H,15,16). The fourth-order valence-corrected chi connectivity index (χ4v) is 1.99. The Bertz CT molecular complexity index is 385. The lowest BCUT2D eigenvalue weighted by molar-refractivity contribution is -0.145. The highest BCUT2D eigenvalue weighted by Gasteiger charge is 2.36. The van der Waals surface area contributed by atoms with E-state index in [-0.39, 0.29) is 17.8 Å². The average Bonchev–Trinajstić information content (AvgIpc) is 2.15. The maximum absolute atomic E-state index is 12.7. The number of benzene rings is 1. The normalized spacial score (nSPS) is 23.6. The van der Waals surface area contributed by atoms with Gasteiger partial charge in [0.05, 0.1) is 5.92 Å². The second kappa shape index (κ2) is 4.12. The van der Waals surface area contributed by atoms with E-state index in [1.165, 1.54) is 12.1 Å². The number of rotatable bonds is 3. The van der Waals surface area contributed by atoms with Gasteiger partial charge in [-0.1, -0.05) is 0 Å². The largest absolute Gasteiger partial charge is 0.481 e. The van der Waals surface area contributed by atoms with Gasteiger partial charge in [0.2, 0.25) is 0 Å². The maximum Gasteiger partial charge on any atom is 0.306 e. The number of halogens is 1. The van der Waals surface area contributed by atoms with Crippen LogP contribution in [-0.2, 0) is 4.79 Å². The molecule has 0 spiro atoms. The monoisotopic (exact) mass is 223 g/mol. The third-order valence-corrected chi connectivity index (χ3v) is 3.24. The van der Waals surface area contributed by atoms with Crippen LogP contribution in [0.4, 0.5) is 10.1 Å². The highest BCUT2D eigenvalue weighted by atomic mass is 19.1. The first-order valence-electron chi connectivity index (χ1n) is 5.29. The Morgan fingerprint density at radius 1 is 1.38 bits per heavy atom. The van der Waals surface area contributed by atoms with Crippen LogP contribution < -0.4 is 4.90 Å². The number of carbonyl (C=O) groups is 1. The van der Waals surface area contributed by atoms with E-state index in [0.29, 0.717) is 12.8 Å². The lowest BCUT2D eigenvalue weighted by Crippen LogP contribution is -2.45. The van der Waals surface area contributed by atoms with E-state index in [9.17, 15) is 9.18 Å². The van der Waals surface area contributed by atoms with E-state index in [1.807, 2.05) is 11.9 Å². The third-order valence-electron chi connectivity index (χ3n) is 3.24. The molecule has 3 nitrogen and oxygen atoms in total. The van der Waals surface area contributed by atoms with Crippen molar-refractivity contribution in [2.75, 3.05) is 11.9 Å². The molecule has 1 N–H and O–H groups in total. The molecule has 0 amide bonds. The van der Waals surface area contributed by atoms with E-state index in [4.69, 9.17) is 5.11 Å². The molecule has 0 aromatic heterocycles. The summed E-state index contributed by atoms with van der Waals surface area (Å²) in [7, 11) is 1.91. The van der Waals surface area contributed by atoms with Crippen molar-refractivity contribution in [3.63, 3.8) is 0 Å². The van der Waals surface area contributed by atoms with Gasteiger partial charge in [-0.25, -0.2) is 4.39 Å². The minimum absolute atomic E-state index is 0.215. The summed E-state index contributed by atoms with van der Waals surface area (Å²) in [5.74, 6) is -1.19. The van der Waals surface area contributed by atoms with Gasteiger partial charge in [-0.3, -0.25) is 4.79 Å². The van der Waals surface area contributed by atoms with Crippen LogP contribution in [0.25, 0.3) is 0 Å². The Morgan fingerprint density at radius 3 is 2.44 bits per heavy atom. The van der Waals surface area contributed by atoms with Crippen LogP contribution in [0.3, 0.4) is 0 Å². The van der Waals surface area contributed by atoms with Crippen LogP contribution >= 0.6 is 0 Å². The van der Waals surface area contributed by atoms with Crippen molar-refractivity contribution < 1.29 is 14.3 Å². The first kappa shape index (κ1) is 10.9. The summed E-state index contributed by atoms with van der Waals surface area (Å²) in [6.07, 6.45) is 1.34. The second-order valence-electron chi connectivity index (χ2n) is 4.25. The molecule has 0 unspecified atom stereocenters. The Morgan fingerprint density at radius 2 is 1.94 bits per heavy atom. The van der Waals surface area contributed by atoms with E-state index in [2.05, 4.69) is 0 Å². The topological polar surface area (TPSA) is 40.5 Å². The molecule has 0 radical (unpaired) electrons. The molecular weight excluding hydrogens is 209 g/mol. The molecule has 0 aliphatic heterocycles. The van der Waals surface area contributed by atoms with Crippen molar-refractivity contribution in [1.82, 2.24) is 0 Å². The summed E-state index contributed by atoms with van der Waals surface area (Å²) in [5, 5.41) is 8.77. The van der Waals surface area contributed by atoms with Gasteiger partial charge in [-0.05, 0) is 37.1 Å². The predicted molar refractivity (Wildman–Crippen MR) is 59.0 cm³/mol. The van der Waals surface area contributed by atoms with Crippen LogP contribution in [-0.4, -0.2) is 24.2 Å². The summed E-state index contributed by atoms with van der Waals surface area (Å²) < 4.78 is 12.7. The maximum atomic E-state index is 12.7. The Balaban J connectivity index is 1.97. The lowest BCUT2D eigenvalue weighted by Gasteiger charge is -2.40. The number of carboxylic acids is 1. The first-order valence-corrected chi connectivity index (χ1v) is 5.29. The molecule has 1 aromatic carbocycles. The van der Waals surface area contributed by atoms with Gasteiger partial charge in [-0.2, -0.15) is 0 Å². The fraction of sp³-hybridized carbons (Fsp3) is 0.417. The van der Waals surface area contributed by atoms with Gasteiger partial charge >= 0.3 is 5.97 Å². The van der Waals surface area contributed by atoms with Crippen molar-refractivity contribution >= 4 is 11.7 Å². The van der Waals surface area contributed by atoms with Gasteiger partial charge in [0, 0.05) is 18.8 Å². The number of nitrogens with zero attached hydrogens (tertiary/aromatic N) is 1. The highest BCUT2D eigenvalue weighted by molar-refractivity contribution is 5.71. The fourth-order valence-electron chi connectivity index (χ4n) is 1.99. The number of hydrogen-bond acceptors (Lipinski definition) is 2. The second-order valence-corrected chi connectivity index (χ2v) is 4.25. The van der Waals surface area contributed by atoms with E-state index in [0.717, 1.165) is 5.69 Å². The predicted octanol–water partition coefficient (Wildman–Crippen LogP) is 2.13. The number of anilines is 1. The van der Waals surface area contributed by atoms with Crippen LogP contribution in [0, 0.1) is 11.7 Å². The zero-order chi connectivity index (χ0) is 11.7. The summed E-state index contributed by atoms with van der Waals surface area (Å²) in [6.45, 7) is 0. The minimum atomic E-state index is -0.719. The molecule has 1 aliphatic carbocycles. The smallest absolute Gasteiger partial charge is 0.306 e. The van der Waals surface area contributed by atoms with Crippen LogP contribution in [0.1, 0.15) is 12.8 Å². The van der Waals surface area contributed by atoms with Crippen molar-refractivity contribution in [2.45, 2.75) is 18.9 Å². The highest BCUT2D eigenvalue weighted by Crippen LogP contribution is 2.33. The van der Waals surface area contributed by atoms with Crippen molar-refractivity contribution in [3.8, 4) is 0 Å². The number of hydrogen-bond donors (Lipinski definition) is 1. The molecule has 86 valence electrons. The van der Waals surface area contributed by atoms with Gasteiger partial charge in [0.25, 0.3) is 0 Å². The van der Waals surface area contributed by atoms with E-state index in [1.54, 1.807) is 12.1 Å². The Hall–Kier alpha value is -1.58. The Kier molecular flexibility index (Phi) is 2.81. The summed E-state index contributed by atoms with van der Waals surface area (Å²) in [6, 6.07) is 6.51. The van der Waals surface area contributed by atoms with Gasteiger partial charge in [0.15, 0.2) is 0 Å². The average molecular weight is 223 g/mol. The van der Waals surface area contributed by atoms with Gasteiger partial charge in [-0.15, -0.1) is 0 Å². The number of carboxylic acid groups (broad SMARTS) is 1. The lowest BCUT2D eigenvalue weighted by atomic mass is 9.79. The van der Waals surface area contributed by atoms with Gasteiger partial charge in [0.1, 0.15) is 5.82 Å². The van der Waals surface area contributed by atoms with Crippen LogP contribution in [0.5, 0.6) is 0 Å². The zero-order valence-electron chi connectivity index (χ0n) is 9.06. The van der Waals surface area contributed by atoms with E-state index < -0.39 is 5.97 Å². The van der Waals surface area contributed by atoms with Crippen LogP contribution in [0.2, 0.25) is 0 Å². The molecule has 0 atom stereocenters.